The molecule has 0 aromatic rings. The van der Waals surface area contributed by atoms with Crippen molar-refractivity contribution in [2.24, 2.45) is 0 Å². The highest BCUT2D eigenvalue weighted by molar-refractivity contribution is 7.90. The zero-order chi connectivity index (χ0) is 13.9. The van der Waals surface area contributed by atoms with E-state index >= 15 is 0 Å². The maximum Gasteiger partial charge on any atom is 0.214 e. The number of nitrogens with one attached hydrogen (secondary N) is 2. The van der Waals surface area contributed by atoms with Crippen LogP contribution in [-0.4, -0.2) is 57.8 Å². The first-order chi connectivity index (χ1) is 8.96. The summed E-state index contributed by atoms with van der Waals surface area (Å²) in [6.07, 6.45) is 6.04. The maximum absolute atomic E-state index is 12.3. The smallest absolute Gasteiger partial charge is 0.214 e. The predicted octanol–water partition coefficient (Wildman–Crippen LogP) is 0.532. The summed E-state index contributed by atoms with van der Waals surface area (Å²) in [4.78, 5) is 2.20. The Morgan fingerprint density at radius 3 is 2.32 bits per heavy atom. The van der Waals surface area contributed by atoms with Crippen LogP contribution in [0.4, 0.5) is 0 Å². The molecule has 1 aliphatic carbocycles. The molecule has 1 aliphatic heterocycles. The van der Waals surface area contributed by atoms with Crippen LogP contribution in [0.5, 0.6) is 0 Å². The van der Waals surface area contributed by atoms with Crippen LogP contribution < -0.4 is 10.0 Å². The lowest BCUT2D eigenvalue weighted by molar-refractivity contribution is 0.161. The molecule has 2 rings (SSSR count). The highest BCUT2D eigenvalue weighted by atomic mass is 32.2. The van der Waals surface area contributed by atoms with Crippen LogP contribution in [0.25, 0.3) is 0 Å². The lowest BCUT2D eigenvalue weighted by atomic mass is 9.97. The minimum atomic E-state index is -3.16. The molecule has 112 valence electrons. The predicted molar refractivity (Wildman–Crippen MR) is 77.7 cm³/mol. The molecule has 6 heteroatoms. The van der Waals surface area contributed by atoms with Crippen molar-refractivity contribution < 1.29 is 8.42 Å². The Hall–Kier alpha value is -0.170. The molecule has 0 aromatic carbocycles. The van der Waals surface area contributed by atoms with Gasteiger partial charge in [-0.05, 0) is 52.9 Å². The topological polar surface area (TPSA) is 61.4 Å². The fourth-order valence-corrected chi connectivity index (χ4v) is 4.84. The summed E-state index contributed by atoms with van der Waals surface area (Å²) in [5, 5.41) is 3.00. The normalized spacial score (nSPS) is 25.0. The standard InChI is InChI=1S/C13H27N3O2S/c1-16(2)13(7-3-4-8-13)11-15-19(17,18)12-5-9-14-10-6-12/h12,14-15H,3-11H2,1-2H3. The fraction of sp³-hybridized carbons (Fsp3) is 1.00. The quantitative estimate of drug-likeness (QED) is 0.775. The van der Waals surface area contributed by atoms with Crippen molar-refractivity contribution >= 4 is 10.0 Å². The molecule has 5 nitrogen and oxygen atoms in total. The third kappa shape index (κ3) is 3.48. The zero-order valence-corrected chi connectivity index (χ0v) is 12.9. The molecule has 1 saturated carbocycles. The monoisotopic (exact) mass is 289 g/mol. The molecule has 0 spiro atoms. The number of likely N-dealkylation sites (N-methyl/N-ethyl adjacent to an activating group) is 1. The minimum absolute atomic E-state index is 0.0278. The molecule has 1 heterocycles. The van der Waals surface area contributed by atoms with Crippen molar-refractivity contribution in [2.45, 2.75) is 49.3 Å². The van der Waals surface area contributed by atoms with Gasteiger partial charge >= 0.3 is 0 Å². The van der Waals surface area contributed by atoms with Gasteiger partial charge in [-0.15, -0.1) is 0 Å². The van der Waals surface area contributed by atoms with Crippen LogP contribution in [-0.2, 0) is 10.0 Å². The van der Waals surface area contributed by atoms with Gasteiger partial charge in [-0.1, -0.05) is 12.8 Å². The van der Waals surface area contributed by atoms with E-state index in [9.17, 15) is 8.42 Å². The van der Waals surface area contributed by atoms with Gasteiger partial charge in [-0.2, -0.15) is 0 Å². The number of piperidine rings is 1. The van der Waals surface area contributed by atoms with E-state index in [1.807, 2.05) is 0 Å². The van der Waals surface area contributed by atoms with E-state index in [0.717, 1.165) is 38.8 Å². The Kier molecular flexibility index (Phi) is 4.87. The van der Waals surface area contributed by atoms with E-state index in [4.69, 9.17) is 0 Å². The Bertz CT molecular complexity index is 383. The van der Waals surface area contributed by atoms with E-state index in [1.54, 1.807) is 0 Å². The molecule has 2 N–H and O–H groups in total. The lowest BCUT2D eigenvalue weighted by Crippen LogP contribution is -2.52. The number of hydrogen-bond acceptors (Lipinski definition) is 4. The van der Waals surface area contributed by atoms with Gasteiger partial charge in [0.15, 0.2) is 0 Å². The largest absolute Gasteiger partial charge is 0.317 e. The fourth-order valence-electron chi connectivity index (χ4n) is 3.27. The van der Waals surface area contributed by atoms with Gasteiger partial charge < -0.3 is 10.2 Å². The van der Waals surface area contributed by atoms with E-state index in [2.05, 4.69) is 29.0 Å². The van der Waals surface area contributed by atoms with Gasteiger partial charge in [0.25, 0.3) is 0 Å². The van der Waals surface area contributed by atoms with Gasteiger partial charge in [0.1, 0.15) is 0 Å². The molecule has 19 heavy (non-hydrogen) atoms. The summed E-state index contributed by atoms with van der Waals surface area (Å²) in [6, 6.07) is 0. The highest BCUT2D eigenvalue weighted by Crippen LogP contribution is 2.33. The Labute approximate surface area is 117 Å². The molecule has 0 atom stereocenters. The molecule has 0 unspecified atom stereocenters. The summed E-state index contributed by atoms with van der Waals surface area (Å²) in [5.41, 5.74) is 0.0278. The van der Waals surface area contributed by atoms with Crippen LogP contribution in [0.15, 0.2) is 0 Å². The average molecular weight is 289 g/mol. The second-order valence-corrected chi connectivity index (χ2v) is 8.19. The Morgan fingerprint density at radius 2 is 1.79 bits per heavy atom. The van der Waals surface area contributed by atoms with Crippen LogP contribution in [0.3, 0.4) is 0 Å². The first-order valence-corrected chi connectivity index (χ1v) is 8.88. The van der Waals surface area contributed by atoms with Crippen LogP contribution in [0.1, 0.15) is 38.5 Å². The zero-order valence-electron chi connectivity index (χ0n) is 12.1. The SMILES string of the molecule is CN(C)C1(CNS(=O)(=O)C2CCNCC2)CCCC1. The minimum Gasteiger partial charge on any atom is -0.317 e. The number of sulfonamides is 1. The first-order valence-electron chi connectivity index (χ1n) is 7.33. The summed E-state index contributed by atoms with van der Waals surface area (Å²) in [6.45, 7) is 2.18. The van der Waals surface area contributed by atoms with Gasteiger partial charge in [0, 0.05) is 12.1 Å². The first kappa shape index (κ1) is 15.2. The molecule has 0 bridgehead atoms. The molecule has 0 radical (unpaired) electrons. The average Bonchev–Trinajstić information content (AvgIpc) is 2.88. The number of rotatable bonds is 5. The van der Waals surface area contributed by atoms with Crippen molar-refractivity contribution in [2.75, 3.05) is 33.7 Å². The molecule has 0 aromatic heterocycles. The molecule has 2 aliphatic rings. The second-order valence-electron chi connectivity index (χ2n) is 6.14. The molecular weight excluding hydrogens is 262 g/mol. The lowest BCUT2D eigenvalue weighted by Gasteiger charge is -2.37. The molecule has 1 saturated heterocycles. The molecular formula is C13H27N3O2S. The van der Waals surface area contributed by atoms with Crippen molar-refractivity contribution in [3.8, 4) is 0 Å². The summed E-state index contributed by atoms with van der Waals surface area (Å²) in [5.74, 6) is 0. The van der Waals surface area contributed by atoms with Crippen molar-refractivity contribution in [3.05, 3.63) is 0 Å². The summed E-state index contributed by atoms with van der Waals surface area (Å²) >= 11 is 0. The Balaban J connectivity index is 1.96. The van der Waals surface area contributed by atoms with Gasteiger partial charge in [0.2, 0.25) is 10.0 Å². The number of nitrogens with zero attached hydrogens (tertiary/aromatic N) is 1. The van der Waals surface area contributed by atoms with E-state index in [0.29, 0.717) is 6.54 Å². The Morgan fingerprint density at radius 1 is 1.21 bits per heavy atom. The maximum atomic E-state index is 12.3. The van der Waals surface area contributed by atoms with Crippen molar-refractivity contribution in [1.82, 2.24) is 14.9 Å². The van der Waals surface area contributed by atoms with Gasteiger partial charge in [-0.25, -0.2) is 13.1 Å². The summed E-state index contributed by atoms with van der Waals surface area (Å²) in [7, 11) is 0.960. The van der Waals surface area contributed by atoms with Crippen LogP contribution in [0, 0.1) is 0 Å². The number of hydrogen-bond donors (Lipinski definition) is 2. The third-order valence-corrected chi connectivity index (χ3v) is 6.71. The third-order valence-electron chi connectivity index (χ3n) is 4.81. The van der Waals surface area contributed by atoms with Crippen molar-refractivity contribution in [3.63, 3.8) is 0 Å². The van der Waals surface area contributed by atoms with Gasteiger partial charge in [0.05, 0.1) is 5.25 Å². The van der Waals surface area contributed by atoms with E-state index < -0.39 is 10.0 Å². The highest BCUT2D eigenvalue weighted by Gasteiger charge is 2.38. The van der Waals surface area contributed by atoms with E-state index in [1.165, 1.54) is 12.8 Å². The van der Waals surface area contributed by atoms with Crippen LogP contribution in [0.2, 0.25) is 0 Å². The van der Waals surface area contributed by atoms with Gasteiger partial charge in [-0.3, -0.25) is 0 Å². The van der Waals surface area contributed by atoms with E-state index in [-0.39, 0.29) is 10.8 Å². The summed E-state index contributed by atoms with van der Waals surface area (Å²) < 4.78 is 27.6. The van der Waals surface area contributed by atoms with Crippen molar-refractivity contribution in [1.29, 1.82) is 0 Å². The second kappa shape index (κ2) is 6.08. The molecule has 2 fully saturated rings. The molecule has 0 amide bonds. The van der Waals surface area contributed by atoms with Crippen LogP contribution >= 0.6 is 0 Å².